The van der Waals surface area contributed by atoms with E-state index in [1.165, 1.54) is 43.4 Å². The molecule has 3 aromatic rings. The summed E-state index contributed by atoms with van der Waals surface area (Å²) in [4.78, 5) is 55.8. The molecule has 2 atom stereocenters. The summed E-state index contributed by atoms with van der Waals surface area (Å²) in [7, 11) is 2.87. The highest BCUT2D eigenvalue weighted by molar-refractivity contribution is 6.11. The molecule has 304 valence electrons. The molecule has 1 heterocycles. The van der Waals surface area contributed by atoms with Crippen LogP contribution in [-0.2, 0) is 18.9 Å². The summed E-state index contributed by atoms with van der Waals surface area (Å²) < 4.78 is 61.9. The first kappa shape index (κ1) is 43.6. The molecule has 1 fully saturated rings. The Morgan fingerprint density at radius 1 is 0.839 bits per heavy atom. The van der Waals surface area contributed by atoms with Gasteiger partial charge in [-0.05, 0) is 93.0 Å². The molecular formula is C42H52F2N2O10. The number of carbonyl (C=O) groups excluding carboxylic acids is 4. The van der Waals surface area contributed by atoms with E-state index in [0.29, 0.717) is 30.7 Å². The van der Waals surface area contributed by atoms with Crippen molar-refractivity contribution in [2.24, 2.45) is 0 Å². The molecule has 0 radical (unpaired) electrons. The van der Waals surface area contributed by atoms with Gasteiger partial charge in [-0.25, -0.2) is 18.4 Å². The number of amides is 2. The van der Waals surface area contributed by atoms with Crippen LogP contribution in [0.25, 0.3) is 0 Å². The maximum atomic E-state index is 14.8. The van der Waals surface area contributed by atoms with Crippen molar-refractivity contribution < 1.29 is 56.4 Å². The van der Waals surface area contributed by atoms with Gasteiger partial charge < -0.3 is 38.6 Å². The Bertz CT molecular complexity index is 1850. The Labute approximate surface area is 326 Å². The number of ether oxygens (including phenoxy) is 6. The topological polar surface area (TPSA) is 139 Å². The predicted octanol–water partition coefficient (Wildman–Crippen LogP) is 7.76. The minimum absolute atomic E-state index is 0.00181. The number of esters is 1. The fourth-order valence-electron chi connectivity index (χ4n) is 6.20. The SMILES string of the molecule is COCOc1ccc(F)c(F)c1C(=O)c1ccc(C(=O)O[C@@H]2CCCN(C(=O)OC(C)(C)C)C[C@H]2NC(=O)c2cc(C(C)C)c(OCOC)c(C(C)C)c2)cc1. The third kappa shape index (κ3) is 11.0. The number of hydrogen-bond acceptors (Lipinski definition) is 10. The van der Waals surface area contributed by atoms with Crippen LogP contribution in [0.4, 0.5) is 13.6 Å². The van der Waals surface area contributed by atoms with Crippen LogP contribution in [0.1, 0.15) is 121 Å². The summed E-state index contributed by atoms with van der Waals surface area (Å²) in [5.74, 6) is -4.25. The predicted molar refractivity (Wildman–Crippen MR) is 203 cm³/mol. The zero-order chi connectivity index (χ0) is 41.3. The van der Waals surface area contributed by atoms with Gasteiger partial charge in [0.15, 0.2) is 31.0 Å². The van der Waals surface area contributed by atoms with Gasteiger partial charge in [0.25, 0.3) is 5.91 Å². The van der Waals surface area contributed by atoms with Crippen LogP contribution in [-0.4, -0.2) is 87.3 Å². The van der Waals surface area contributed by atoms with Crippen molar-refractivity contribution in [3.8, 4) is 11.5 Å². The van der Waals surface area contributed by atoms with Gasteiger partial charge in [-0.15, -0.1) is 0 Å². The van der Waals surface area contributed by atoms with Gasteiger partial charge in [0.2, 0.25) is 0 Å². The van der Waals surface area contributed by atoms with E-state index in [0.717, 1.165) is 23.3 Å². The van der Waals surface area contributed by atoms with E-state index in [1.807, 2.05) is 27.7 Å². The number of nitrogens with zero attached hydrogens (tertiary/aromatic N) is 1. The van der Waals surface area contributed by atoms with Gasteiger partial charge in [0.1, 0.15) is 28.8 Å². The molecule has 0 unspecified atom stereocenters. The Morgan fingerprint density at radius 2 is 1.43 bits per heavy atom. The molecule has 1 aliphatic heterocycles. The Hall–Kier alpha value is -5.08. The molecule has 0 bridgehead atoms. The second kappa shape index (κ2) is 19.2. The Balaban J connectivity index is 1.63. The molecule has 0 aliphatic carbocycles. The van der Waals surface area contributed by atoms with Gasteiger partial charge in [0.05, 0.1) is 11.6 Å². The molecule has 0 saturated carbocycles. The largest absolute Gasteiger partial charge is 0.467 e. The molecule has 4 rings (SSSR count). The minimum atomic E-state index is -1.38. The molecular weight excluding hydrogens is 730 g/mol. The van der Waals surface area contributed by atoms with Crippen molar-refractivity contribution in [2.75, 3.05) is 40.9 Å². The number of rotatable bonds is 14. The highest BCUT2D eigenvalue weighted by Gasteiger charge is 2.35. The van der Waals surface area contributed by atoms with Crippen LogP contribution in [0.2, 0.25) is 0 Å². The van der Waals surface area contributed by atoms with Gasteiger partial charge in [0, 0.05) is 38.4 Å². The lowest BCUT2D eigenvalue weighted by Crippen LogP contribution is -2.51. The van der Waals surface area contributed by atoms with Crippen LogP contribution in [0.15, 0.2) is 48.5 Å². The molecule has 0 aromatic heterocycles. The zero-order valence-corrected chi connectivity index (χ0v) is 33.5. The van der Waals surface area contributed by atoms with E-state index in [-0.39, 0.29) is 48.8 Å². The van der Waals surface area contributed by atoms with E-state index in [4.69, 9.17) is 28.4 Å². The third-order valence-electron chi connectivity index (χ3n) is 8.98. The molecule has 1 aliphatic rings. The molecule has 12 nitrogen and oxygen atoms in total. The summed E-state index contributed by atoms with van der Waals surface area (Å²) in [6.45, 7) is 13.3. The molecule has 56 heavy (non-hydrogen) atoms. The van der Waals surface area contributed by atoms with E-state index in [1.54, 1.807) is 32.9 Å². The van der Waals surface area contributed by atoms with Crippen molar-refractivity contribution in [1.82, 2.24) is 10.2 Å². The van der Waals surface area contributed by atoms with Crippen LogP contribution < -0.4 is 14.8 Å². The molecule has 0 spiro atoms. The number of carbonyl (C=O) groups is 4. The van der Waals surface area contributed by atoms with Crippen molar-refractivity contribution in [3.05, 3.63) is 93.5 Å². The standard InChI is InChI=1S/C42H52F2N2O10/c1-24(2)29-19-28(20-30(25(3)4)38(29)54-23-52-9)39(48)45-32-21-46(41(50)56-42(5,6)7)18-10-11-33(32)55-40(49)27-14-12-26(13-15-27)37(47)35-34(53-22-51-8)17-16-31(43)36(35)44/h12-17,19-20,24-25,32-33H,10-11,18,21-23H2,1-9H3,(H,45,48)/t32-,33-/m1/s1. The molecule has 1 saturated heterocycles. The number of methoxy groups -OCH3 is 2. The Morgan fingerprint density at radius 3 is 2.00 bits per heavy atom. The number of likely N-dealkylation sites (tertiary alicyclic amines) is 1. The van der Waals surface area contributed by atoms with Crippen molar-refractivity contribution in [2.45, 2.75) is 90.9 Å². The van der Waals surface area contributed by atoms with Crippen molar-refractivity contribution >= 4 is 23.8 Å². The average Bonchev–Trinajstić information content (AvgIpc) is 3.34. The first-order valence-electron chi connectivity index (χ1n) is 18.5. The van der Waals surface area contributed by atoms with Crippen molar-refractivity contribution in [3.63, 3.8) is 0 Å². The smallest absolute Gasteiger partial charge is 0.410 e. The zero-order valence-electron chi connectivity index (χ0n) is 33.5. The molecule has 1 N–H and O–H groups in total. The van der Waals surface area contributed by atoms with E-state index >= 15 is 0 Å². The maximum absolute atomic E-state index is 14.8. The highest BCUT2D eigenvalue weighted by atomic mass is 19.2. The van der Waals surface area contributed by atoms with Crippen LogP contribution >= 0.6 is 0 Å². The van der Waals surface area contributed by atoms with E-state index in [9.17, 15) is 28.0 Å². The molecule has 2 amide bonds. The number of benzene rings is 3. The minimum Gasteiger partial charge on any atom is -0.467 e. The van der Waals surface area contributed by atoms with Crippen molar-refractivity contribution in [1.29, 1.82) is 0 Å². The first-order chi connectivity index (χ1) is 26.4. The van der Waals surface area contributed by atoms with Gasteiger partial charge in [-0.2, -0.15) is 0 Å². The first-order valence-corrected chi connectivity index (χ1v) is 18.5. The number of ketones is 1. The summed E-state index contributed by atoms with van der Waals surface area (Å²) >= 11 is 0. The van der Waals surface area contributed by atoms with E-state index < -0.39 is 58.7 Å². The number of hydrogen-bond donors (Lipinski definition) is 1. The second-order valence-electron chi connectivity index (χ2n) is 15.1. The summed E-state index contributed by atoms with van der Waals surface area (Å²) in [5, 5.41) is 3.03. The monoisotopic (exact) mass is 782 g/mol. The fourth-order valence-corrected chi connectivity index (χ4v) is 6.20. The second-order valence-corrected chi connectivity index (χ2v) is 15.1. The maximum Gasteiger partial charge on any atom is 0.410 e. The average molecular weight is 783 g/mol. The number of halogens is 2. The third-order valence-corrected chi connectivity index (χ3v) is 8.98. The molecule has 14 heteroatoms. The Kier molecular flexibility index (Phi) is 14.9. The molecule has 3 aromatic carbocycles. The van der Waals surface area contributed by atoms with Crippen LogP contribution in [0.5, 0.6) is 11.5 Å². The quantitative estimate of drug-likeness (QED) is 0.0981. The van der Waals surface area contributed by atoms with Gasteiger partial charge in [-0.1, -0.05) is 39.8 Å². The van der Waals surface area contributed by atoms with Gasteiger partial charge >= 0.3 is 12.1 Å². The summed E-state index contributed by atoms with van der Waals surface area (Å²) in [6.07, 6.45) is -0.711. The number of nitrogens with one attached hydrogen (secondary N) is 1. The highest BCUT2D eigenvalue weighted by Crippen LogP contribution is 2.36. The van der Waals surface area contributed by atoms with Crippen LogP contribution in [0.3, 0.4) is 0 Å². The normalized spacial score (nSPS) is 16.0. The lowest BCUT2D eigenvalue weighted by molar-refractivity contribution is 0.0127. The summed E-state index contributed by atoms with van der Waals surface area (Å²) in [5.41, 5.74) is 0.629. The van der Waals surface area contributed by atoms with Crippen LogP contribution in [0, 0.1) is 11.6 Å². The lowest BCUT2D eigenvalue weighted by atomic mass is 9.91. The fraction of sp³-hybridized carbons (Fsp3) is 0.476. The van der Waals surface area contributed by atoms with E-state index in [2.05, 4.69) is 5.32 Å². The lowest BCUT2D eigenvalue weighted by Gasteiger charge is -2.31. The van der Waals surface area contributed by atoms with Gasteiger partial charge in [-0.3, -0.25) is 9.59 Å². The summed E-state index contributed by atoms with van der Waals surface area (Å²) in [6, 6.07) is 9.89.